The van der Waals surface area contributed by atoms with E-state index in [2.05, 4.69) is 36.8 Å². The van der Waals surface area contributed by atoms with Crippen molar-refractivity contribution < 1.29 is 0 Å². The SMILES string of the molecule is CCC1CN(C)CCCN1C(C)CC#N. The Labute approximate surface area is 93.7 Å². The van der Waals surface area contributed by atoms with Crippen molar-refractivity contribution in [2.24, 2.45) is 0 Å². The highest BCUT2D eigenvalue weighted by molar-refractivity contribution is 4.86. The molecule has 1 heterocycles. The summed E-state index contributed by atoms with van der Waals surface area (Å²) in [7, 11) is 2.20. The van der Waals surface area contributed by atoms with Gasteiger partial charge in [-0.1, -0.05) is 6.92 Å². The second kappa shape index (κ2) is 6.09. The second-order valence-corrected chi connectivity index (χ2v) is 4.63. The maximum absolute atomic E-state index is 8.76. The molecule has 0 bridgehead atoms. The van der Waals surface area contributed by atoms with E-state index in [1.54, 1.807) is 0 Å². The summed E-state index contributed by atoms with van der Waals surface area (Å²) < 4.78 is 0. The Kier molecular flexibility index (Phi) is 5.07. The minimum Gasteiger partial charge on any atom is -0.305 e. The van der Waals surface area contributed by atoms with Crippen LogP contribution in [0.15, 0.2) is 0 Å². The molecule has 0 aromatic rings. The van der Waals surface area contributed by atoms with Gasteiger partial charge >= 0.3 is 0 Å². The lowest BCUT2D eigenvalue weighted by atomic mass is 10.1. The van der Waals surface area contributed by atoms with E-state index in [0.29, 0.717) is 18.5 Å². The van der Waals surface area contributed by atoms with Gasteiger partial charge in [0.25, 0.3) is 0 Å². The molecule has 0 aromatic heterocycles. The van der Waals surface area contributed by atoms with E-state index in [9.17, 15) is 0 Å². The number of hydrogen-bond donors (Lipinski definition) is 0. The summed E-state index contributed by atoms with van der Waals surface area (Å²) in [4.78, 5) is 4.93. The van der Waals surface area contributed by atoms with Gasteiger partial charge in [0.2, 0.25) is 0 Å². The van der Waals surface area contributed by atoms with Crippen molar-refractivity contribution in [1.82, 2.24) is 9.80 Å². The van der Waals surface area contributed by atoms with Crippen molar-refractivity contribution in [1.29, 1.82) is 5.26 Å². The summed E-state index contributed by atoms with van der Waals surface area (Å²) in [5.74, 6) is 0. The summed E-state index contributed by atoms with van der Waals surface area (Å²) >= 11 is 0. The topological polar surface area (TPSA) is 30.3 Å². The number of hydrogen-bond acceptors (Lipinski definition) is 3. The second-order valence-electron chi connectivity index (χ2n) is 4.63. The first-order valence-corrected chi connectivity index (χ1v) is 6.00. The first-order chi connectivity index (χ1) is 7.19. The molecule has 3 nitrogen and oxygen atoms in total. The van der Waals surface area contributed by atoms with Gasteiger partial charge in [0, 0.05) is 25.2 Å². The molecular weight excluding hydrogens is 186 g/mol. The van der Waals surface area contributed by atoms with Gasteiger partial charge in [0.1, 0.15) is 0 Å². The van der Waals surface area contributed by atoms with Crippen LogP contribution < -0.4 is 0 Å². The van der Waals surface area contributed by atoms with E-state index in [1.807, 2.05) is 0 Å². The van der Waals surface area contributed by atoms with E-state index >= 15 is 0 Å². The standard InChI is InChI=1S/C12H23N3/c1-4-12-10-14(3)8-5-9-15(12)11(2)6-7-13/h11-12H,4-6,8-10H2,1-3H3. The molecule has 1 fully saturated rings. The molecule has 0 aliphatic carbocycles. The monoisotopic (exact) mass is 209 g/mol. The van der Waals surface area contributed by atoms with Gasteiger partial charge in [-0.2, -0.15) is 5.26 Å². The first-order valence-electron chi connectivity index (χ1n) is 6.00. The van der Waals surface area contributed by atoms with Crippen LogP contribution in [0.1, 0.15) is 33.1 Å². The van der Waals surface area contributed by atoms with Crippen LogP contribution in [-0.2, 0) is 0 Å². The van der Waals surface area contributed by atoms with E-state index < -0.39 is 0 Å². The molecule has 0 amide bonds. The van der Waals surface area contributed by atoms with E-state index in [-0.39, 0.29) is 0 Å². The Hall–Kier alpha value is -0.590. The zero-order valence-electron chi connectivity index (χ0n) is 10.2. The Morgan fingerprint density at radius 3 is 2.80 bits per heavy atom. The molecule has 0 radical (unpaired) electrons. The largest absolute Gasteiger partial charge is 0.305 e. The van der Waals surface area contributed by atoms with Gasteiger partial charge in [-0.15, -0.1) is 0 Å². The quantitative estimate of drug-likeness (QED) is 0.709. The molecular formula is C12H23N3. The van der Waals surface area contributed by atoms with Crippen LogP contribution in [-0.4, -0.2) is 48.6 Å². The van der Waals surface area contributed by atoms with Gasteiger partial charge in [-0.05, 0) is 33.4 Å². The van der Waals surface area contributed by atoms with Crippen LogP contribution in [0.3, 0.4) is 0 Å². The zero-order valence-corrected chi connectivity index (χ0v) is 10.2. The molecule has 1 saturated heterocycles. The third-order valence-corrected chi connectivity index (χ3v) is 3.37. The van der Waals surface area contributed by atoms with Gasteiger partial charge in [0.15, 0.2) is 0 Å². The van der Waals surface area contributed by atoms with Crippen LogP contribution >= 0.6 is 0 Å². The van der Waals surface area contributed by atoms with Crippen molar-refractivity contribution in [2.45, 2.75) is 45.2 Å². The van der Waals surface area contributed by atoms with E-state index in [4.69, 9.17) is 5.26 Å². The van der Waals surface area contributed by atoms with Crippen LogP contribution in [0, 0.1) is 11.3 Å². The summed E-state index contributed by atoms with van der Waals surface area (Å²) in [5.41, 5.74) is 0. The predicted molar refractivity (Wildman–Crippen MR) is 62.6 cm³/mol. The molecule has 2 unspecified atom stereocenters. The molecule has 0 N–H and O–H groups in total. The van der Waals surface area contributed by atoms with Crippen molar-refractivity contribution in [2.75, 3.05) is 26.7 Å². The lowest BCUT2D eigenvalue weighted by molar-refractivity contribution is 0.138. The normalized spacial score (nSPS) is 26.9. The van der Waals surface area contributed by atoms with Crippen LogP contribution in [0.25, 0.3) is 0 Å². The molecule has 0 aromatic carbocycles. The summed E-state index contributed by atoms with van der Waals surface area (Å²) in [6, 6.07) is 3.32. The number of nitriles is 1. The smallest absolute Gasteiger partial charge is 0.0638 e. The fourth-order valence-corrected chi connectivity index (χ4v) is 2.45. The highest BCUT2D eigenvalue weighted by Gasteiger charge is 2.25. The lowest BCUT2D eigenvalue weighted by Crippen LogP contribution is -2.44. The maximum atomic E-state index is 8.76. The molecule has 1 aliphatic heterocycles. The highest BCUT2D eigenvalue weighted by Crippen LogP contribution is 2.16. The Balaban J connectivity index is 2.62. The van der Waals surface area contributed by atoms with Crippen molar-refractivity contribution >= 4 is 0 Å². The molecule has 2 atom stereocenters. The van der Waals surface area contributed by atoms with E-state index in [0.717, 1.165) is 13.1 Å². The fraction of sp³-hybridized carbons (Fsp3) is 0.917. The maximum Gasteiger partial charge on any atom is 0.0638 e. The summed E-state index contributed by atoms with van der Waals surface area (Å²) in [5, 5.41) is 8.76. The lowest BCUT2D eigenvalue weighted by Gasteiger charge is -2.34. The average Bonchev–Trinajstić information content (AvgIpc) is 2.39. The molecule has 1 rings (SSSR count). The number of rotatable bonds is 3. The molecule has 1 aliphatic rings. The minimum atomic E-state index is 0.409. The average molecular weight is 209 g/mol. The van der Waals surface area contributed by atoms with Crippen molar-refractivity contribution in [3.05, 3.63) is 0 Å². The van der Waals surface area contributed by atoms with Crippen LogP contribution in [0.5, 0.6) is 0 Å². The van der Waals surface area contributed by atoms with E-state index in [1.165, 1.54) is 19.4 Å². The Morgan fingerprint density at radius 1 is 1.47 bits per heavy atom. The molecule has 0 saturated carbocycles. The predicted octanol–water partition coefficient (Wildman–Crippen LogP) is 1.70. The van der Waals surface area contributed by atoms with Crippen LogP contribution in [0.2, 0.25) is 0 Å². The first kappa shape index (κ1) is 12.5. The number of nitrogens with zero attached hydrogens (tertiary/aromatic N) is 3. The number of likely N-dealkylation sites (N-methyl/N-ethyl adjacent to an activating group) is 1. The molecule has 86 valence electrons. The molecule has 3 heteroatoms. The highest BCUT2D eigenvalue weighted by atomic mass is 15.2. The van der Waals surface area contributed by atoms with Gasteiger partial charge < -0.3 is 4.90 Å². The molecule has 15 heavy (non-hydrogen) atoms. The van der Waals surface area contributed by atoms with Crippen LogP contribution in [0.4, 0.5) is 0 Å². The zero-order chi connectivity index (χ0) is 11.3. The van der Waals surface area contributed by atoms with Gasteiger partial charge in [-0.3, -0.25) is 4.90 Å². The van der Waals surface area contributed by atoms with Crippen molar-refractivity contribution in [3.63, 3.8) is 0 Å². The summed E-state index contributed by atoms with van der Waals surface area (Å²) in [6.07, 6.45) is 3.06. The fourth-order valence-electron chi connectivity index (χ4n) is 2.45. The minimum absolute atomic E-state index is 0.409. The Morgan fingerprint density at radius 2 is 2.20 bits per heavy atom. The summed E-state index contributed by atoms with van der Waals surface area (Å²) in [6.45, 7) is 7.90. The Bertz CT molecular complexity index is 221. The third-order valence-electron chi connectivity index (χ3n) is 3.37. The van der Waals surface area contributed by atoms with Gasteiger partial charge in [-0.25, -0.2) is 0 Å². The third kappa shape index (κ3) is 3.48. The molecule has 0 spiro atoms. The van der Waals surface area contributed by atoms with Gasteiger partial charge in [0.05, 0.1) is 12.5 Å². The van der Waals surface area contributed by atoms with Crippen molar-refractivity contribution in [3.8, 4) is 6.07 Å².